The molecule has 0 amide bonds. The van der Waals surface area contributed by atoms with Gasteiger partial charge in [-0.15, -0.1) is 0 Å². The Morgan fingerprint density at radius 2 is 1.33 bits per heavy atom. The van der Waals surface area contributed by atoms with Crippen LogP contribution < -0.4 is 14.2 Å². The monoisotopic (exact) mass is 490 g/mol. The number of esters is 1. The summed E-state index contributed by atoms with van der Waals surface area (Å²) >= 11 is 0. The predicted molar refractivity (Wildman–Crippen MR) is 124 cm³/mol. The Morgan fingerprint density at radius 3 is 1.97 bits per heavy atom. The first-order valence-corrected chi connectivity index (χ1v) is 12.5. The second-order valence-corrected chi connectivity index (χ2v) is 10.3. The van der Waals surface area contributed by atoms with Gasteiger partial charge in [0, 0.05) is 0 Å². The summed E-state index contributed by atoms with van der Waals surface area (Å²) in [6, 6.07) is 15.8. The lowest BCUT2D eigenvalue weighted by molar-refractivity contribution is 0.0600. The molecule has 2 N–H and O–H groups in total. The second-order valence-electron chi connectivity index (χ2n) is 6.90. The Hall–Kier alpha value is -3.57. The summed E-state index contributed by atoms with van der Waals surface area (Å²) in [6.07, 6.45) is 0. The number of nitrogens with one attached hydrogen (secondary N) is 2. The summed E-state index contributed by atoms with van der Waals surface area (Å²) in [5.41, 5.74) is 1.05. The average molecular weight is 491 g/mol. The van der Waals surface area contributed by atoms with Gasteiger partial charge in [-0.2, -0.15) is 0 Å². The van der Waals surface area contributed by atoms with Gasteiger partial charge in [0.2, 0.25) is 0 Å². The van der Waals surface area contributed by atoms with Gasteiger partial charge in [-0.25, -0.2) is 21.6 Å². The Bertz CT molecular complexity index is 1380. The Balaban J connectivity index is 1.90. The normalized spacial score (nSPS) is 11.5. The van der Waals surface area contributed by atoms with Crippen molar-refractivity contribution in [1.29, 1.82) is 0 Å². The number of anilines is 2. The fourth-order valence-electron chi connectivity index (χ4n) is 2.90. The number of carbonyl (C=O) groups excluding carboxylic acids is 1. The molecule has 0 heterocycles. The molecule has 0 radical (unpaired) electrons. The molecule has 11 heteroatoms. The van der Waals surface area contributed by atoms with Gasteiger partial charge in [0.25, 0.3) is 20.0 Å². The SMILES string of the molecule is COC(=O)c1ccc(S(=O)(=O)Nc2cc(S(=O)(=O)Nc3ccccc3OC)ccc2C)cc1. The van der Waals surface area contributed by atoms with Crippen LogP contribution >= 0.6 is 0 Å². The zero-order chi connectivity index (χ0) is 24.2. The lowest BCUT2D eigenvalue weighted by Crippen LogP contribution is -2.16. The highest BCUT2D eigenvalue weighted by Gasteiger charge is 2.21. The smallest absolute Gasteiger partial charge is 0.337 e. The molecular weight excluding hydrogens is 468 g/mol. The fourth-order valence-corrected chi connectivity index (χ4v) is 5.12. The van der Waals surface area contributed by atoms with Gasteiger partial charge in [-0.1, -0.05) is 18.2 Å². The highest BCUT2D eigenvalue weighted by atomic mass is 32.2. The van der Waals surface area contributed by atoms with Crippen LogP contribution in [0.4, 0.5) is 11.4 Å². The molecule has 0 bridgehead atoms. The minimum atomic E-state index is -4.05. The van der Waals surface area contributed by atoms with E-state index >= 15 is 0 Å². The maximum absolute atomic E-state index is 12.9. The third-order valence-electron chi connectivity index (χ3n) is 4.70. The summed E-state index contributed by atoms with van der Waals surface area (Å²) in [5, 5.41) is 0. The lowest BCUT2D eigenvalue weighted by Gasteiger charge is -2.15. The molecule has 0 aliphatic carbocycles. The van der Waals surface area contributed by atoms with Gasteiger partial charge in [-0.3, -0.25) is 9.44 Å². The molecule has 3 rings (SSSR count). The van der Waals surface area contributed by atoms with Crippen LogP contribution in [0.25, 0.3) is 0 Å². The van der Waals surface area contributed by atoms with E-state index < -0.39 is 26.0 Å². The van der Waals surface area contributed by atoms with Crippen molar-refractivity contribution in [3.63, 3.8) is 0 Å². The molecule has 3 aromatic carbocycles. The molecule has 0 atom stereocenters. The number of benzene rings is 3. The minimum Gasteiger partial charge on any atom is -0.495 e. The summed E-state index contributed by atoms with van der Waals surface area (Å²) in [4.78, 5) is 11.3. The maximum Gasteiger partial charge on any atom is 0.337 e. The van der Waals surface area contributed by atoms with Crippen LogP contribution in [0.15, 0.2) is 76.5 Å². The number of sulfonamides is 2. The van der Waals surface area contributed by atoms with Crippen molar-refractivity contribution in [1.82, 2.24) is 0 Å². The molecule has 174 valence electrons. The van der Waals surface area contributed by atoms with Gasteiger partial charge in [-0.05, 0) is 61.0 Å². The summed E-state index contributed by atoms with van der Waals surface area (Å²) in [7, 11) is -5.45. The topological polar surface area (TPSA) is 128 Å². The molecule has 0 spiro atoms. The van der Waals surface area contributed by atoms with Crippen molar-refractivity contribution in [3.8, 4) is 5.75 Å². The molecule has 3 aromatic rings. The van der Waals surface area contributed by atoms with Crippen LogP contribution in [0.5, 0.6) is 5.75 Å². The van der Waals surface area contributed by atoms with Crippen LogP contribution in [0.1, 0.15) is 15.9 Å². The third kappa shape index (κ3) is 5.44. The molecule has 0 fully saturated rings. The van der Waals surface area contributed by atoms with E-state index in [1.165, 1.54) is 56.7 Å². The molecule has 0 saturated carbocycles. The molecule has 0 aliphatic heterocycles. The molecule has 0 aromatic heterocycles. The van der Waals surface area contributed by atoms with Gasteiger partial charge >= 0.3 is 5.97 Å². The summed E-state index contributed by atoms with van der Waals surface area (Å²) in [6.45, 7) is 1.64. The largest absolute Gasteiger partial charge is 0.495 e. The van der Waals surface area contributed by atoms with E-state index in [1.54, 1.807) is 31.2 Å². The van der Waals surface area contributed by atoms with Gasteiger partial charge in [0.05, 0.1) is 40.9 Å². The zero-order valence-corrected chi connectivity index (χ0v) is 19.7. The fraction of sp³-hybridized carbons (Fsp3) is 0.136. The molecule has 0 aliphatic rings. The first kappa shape index (κ1) is 24.1. The highest BCUT2D eigenvalue weighted by Crippen LogP contribution is 2.28. The number of para-hydroxylation sites is 2. The number of rotatable bonds is 8. The standard InChI is InChI=1S/C22H22N2O7S2/c1-15-8-11-18(33(28,29)23-19-6-4-5-7-21(19)30-2)14-20(15)24-32(26,27)17-12-9-16(10-13-17)22(25)31-3/h4-14,23-24H,1-3H3. The highest BCUT2D eigenvalue weighted by molar-refractivity contribution is 7.93. The minimum absolute atomic E-state index is 0.0925. The number of ether oxygens (including phenoxy) is 2. The van der Waals surface area contributed by atoms with Crippen LogP contribution in [-0.2, 0) is 24.8 Å². The molecular formula is C22H22N2O7S2. The van der Waals surface area contributed by atoms with Crippen LogP contribution in [0.2, 0.25) is 0 Å². The van der Waals surface area contributed by atoms with E-state index in [1.807, 2.05) is 0 Å². The molecule has 0 unspecified atom stereocenters. The van der Waals surface area contributed by atoms with Crippen molar-refractivity contribution >= 4 is 37.4 Å². The number of hydrogen-bond donors (Lipinski definition) is 2. The van der Waals surface area contributed by atoms with Crippen molar-refractivity contribution in [2.45, 2.75) is 16.7 Å². The van der Waals surface area contributed by atoms with Gasteiger partial charge in [0.1, 0.15) is 5.75 Å². The van der Waals surface area contributed by atoms with Crippen molar-refractivity contribution in [2.75, 3.05) is 23.7 Å². The van der Waals surface area contributed by atoms with Gasteiger partial charge < -0.3 is 9.47 Å². The Labute approximate surface area is 192 Å². The van der Waals surface area contributed by atoms with Crippen LogP contribution in [0, 0.1) is 6.92 Å². The van der Waals surface area contributed by atoms with Crippen LogP contribution in [-0.4, -0.2) is 37.0 Å². The molecule has 0 saturated heterocycles. The van der Waals surface area contributed by atoms with E-state index in [4.69, 9.17) is 4.74 Å². The van der Waals surface area contributed by atoms with Gasteiger partial charge in [0.15, 0.2) is 0 Å². The van der Waals surface area contributed by atoms with Crippen LogP contribution in [0.3, 0.4) is 0 Å². The lowest BCUT2D eigenvalue weighted by atomic mass is 10.2. The Kier molecular flexibility index (Phi) is 6.94. The third-order valence-corrected chi connectivity index (χ3v) is 7.45. The maximum atomic E-state index is 12.9. The predicted octanol–water partition coefficient (Wildman–Crippen LogP) is 3.39. The number of methoxy groups -OCH3 is 2. The molecule has 9 nitrogen and oxygen atoms in total. The summed E-state index contributed by atoms with van der Waals surface area (Å²) in [5.74, 6) is -0.257. The van der Waals surface area contributed by atoms with E-state index in [2.05, 4.69) is 14.2 Å². The second kappa shape index (κ2) is 9.51. The average Bonchev–Trinajstić information content (AvgIpc) is 2.80. The van der Waals surface area contributed by atoms with E-state index in [-0.39, 0.29) is 26.7 Å². The number of carbonyl (C=O) groups is 1. The number of hydrogen-bond acceptors (Lipinski definition) is 7. The first-order chi connectivity index (χ1) is 15.6. The van der Waals surface area contributed by atoms with Crippen molar-refractivity contribution in [3.05, 3.63) is 77.9 Å². The zero-order valence-electron chi connectivity index (χ0n) is 18.0. The number of aryl methyl sites for hydroxylation is 1. The molecule has 33 heavy (non-hydrogen) atoms. The van der Waals surface area contributed by atoms with Crippen molar-refractivity contribution < 1.29 is 31.1 Å². The van der Waals surface area contributed by atoms with E-state index in [0.717, 1.165) is 0 Å². The Morgan fingerprint density at radius 1 is 0.758 bits per heavy atom. The van der Waals surface area contributed by atoms with Crippen molar-refractivity contribution in [2.24, 2.45) is 0 Å². The van der Waals surface area contributed by atoms with E-state index in [9.17, 15) is 21.6 Å². The summed E-state index contributed by atoms with van der Waals surface area (Å²) < 4.78 is 66.1. The first-order valence-electron chi connectivity index (χ1n) is 9.55. The van der Waals surface area contributed by atoms with E-state index in [0.29, 0.717) is 11.3 Å². The quantitative estimate of drug-likeness (QED) is 0.463.